The Morgan fingerprint density at radius 3 is 2.50 bits per heavy atom. The standard InChI is InChI=1S/C17H23NO2/c1-3-4-9-15(19)17(18)14-10-11-16(20-2)13-8-6-5-7-12(13)14/h5-8,10-11,15,17,19H,3-4,9,18H2,1-2H3/t15-,17+/m1/s1. The predicted molar refractivity (Wildman–Crippen MR) is 83.0 cm³/mol. The van der Waals surface area contributed by atoms with Gasteiger partial charge in [0.1, 0.15) is 5.75 Å². The number of methoxy groups -OCH3 is 1. The molecule has 2 atom stereocenters. The van der Waals surface area contributed by atoms with Gasteiger partial charge in [-0.15, -0.1) is 0 Å². The van der Waals surface area contributed by atoms with Gasteiger partial charge in [-0.2, -0.15) is 0 Å². The summed E-state index contributed by atoms with van der Waals surface area (Å²) >= 11 is 0. The van der Waals surface area contributed by atoms with E-state index in [-0.39, 0.29) is 6.04 Å². The fraction of sp³-hybridized carbons (Fsp3) is 0.412. The van der Waals surface area contributed by atoms with Crippen molar-refractivity contribution in [3.8, 4) is 5.75 Å². The number of hydrogen-bond acceptors (Lipinski definition) is 3. The van der Waals surface area contributed by atoms with Crippen molar-refractivity contribution in [1.29, 1.82) is 0 Å². The van der Waals surface area contributed by atoms with Gasteiger partial charge < -0.3 is 15.6 Å². The molecule has 0 spiro atoms. The zero-order chi connectivity index (χ0) is 14.5. The molecule has 2 aromatic carbocycles. The highest BCUT2D eigenvalue weighted by molar-refractivity contribution is 5.91. The number of ether oxygens (including phenoxy) is 1. The Kier molecular flexibility index (Phi) is 4.99. The lowest BCUT2D eigenvalue weighted by Gasteiger charge is -2.21. The van der Waals surface area contributed by atoms with Crippen LogP contribution in [0.2, 0.25) is 0 Å². The second kappa shape index (κ2) is 6.73. The molecule has 0 aliphatic heterocycles. The maximum atomic E-state index is 10.2. The van der Waals surface area contributed by atoms with Crippen molar-refractivity contribution in [2.75, 3.05) is 7.11 Å². The van der Waals surface area contributed by atoms with Crippen molar-refractivity contribution in [3.63, 3.8) is 0 Å². The van der Waals surface area contributed by atoms with Crippen molar-refractivity contribution in [2.45, 2.75) is 38.3 Å². The first-order valence-electron chi connectivity index (χ1n) is 7.18. The van der Waals surface area contributed by atoms with Crippen LogP contribution in [0.3, 0.4) is 0 Å². The van der Waals surface area contributed by atoms with Gasteiger partial charge in [0.2, 0.25) is 0 Å². The molecule has 2 rings (SSSR count). The van der Waals surface area contributed by atoms with Crippen LogP contribution in [-0.4, -0.2) is 18.3 Å². The van der Waals surface area contributed by atoms with E-state index in [0.29, 0.717) is 0 Å². The molecule has 0 fully saturated rings. The topological polar surface area (TPSA) is 55.5 Å². The molecule has 2 aromatic rings. The first-order valence-corrected chi connectivity index (χ1v) is 7.18. The van der Waals surface area contributed by atoms with Crippen LogP contribution in [0.1, 0.15) is 37.8 Å². The zero-order valence-corrected chi connectivity index (χ0v) is 12.2. The summed E-state index contributed by atoms with van der Waals surface area (Å²) in [5.41, 5.74) is 7.22. The molecule has 0 aliphatic carbocycles. The van der Waals surface area contributed by atoms with Crippen molar-refractivity contribution >= 4 is 10.8 Å². The van der Waals surface area contributed by atoms with Crippen LogP contribution in [0.5, 0.6) is 5.75 Å². The van der Waals surface area contributed by atoms with Crippen molar-refractivity contribution in [1.82, 2.24) is 0 Å². The van der Waals surface area contributed by atoms with Crippen LogP contribution in [0, 0.1) is 0 Å². The summed E-state index contributed by atoms with van der Waals surface area (Å²) in [4.78, 5) is 0. The van der Waals surface area contributed by atoms with Crippen LogP contribution < -0.4 is 10.5 Å². The number of fused-ring (bicyclic) bond motifs is 1. The second-order valence-electron chi connectivity index (χ2n) is 5.14. The smallest absolute Gasteiger partial charge is 0.126 e. The van der Waals surface area contributed by atoms with E-state index in [1.807, 2.05) is 36.4 Å². The Morgan fingerprint density at radius 2 is 1.85 bits per heavy atom. The van der Waals surface area contributed by atoms with Crippen molar-refractivity contribution in [2.24, 2.45) is 5.73 Å². The number of rotatable bonds is 6. The average molecular weight is 273 g/mol. The van der Waals surface area contributed by atoms with E-state index in [1.54, 1.807) is 7.11 Å². The van der Waals surface area contributed by atoms with Crippen molar-refractivity contribution in [3.05, 3.63) is 42.0 Å². The molecule has 3 heteroatoms. The van der Waals surface area contributed by atoms with E-state index in [9.17, 15) is 5.11 Å². The van der Waals surface area contributed by atoms with Crippen molar-refractivity contribution < 1.29 is 9.84 Å². The minimum Gasteiger partial charge on any atom is -0.496 e. The molecule has 0 aliphatic rings. The lowest BCUT2D eigenvalue weighted by Crippen LogP contribution is -2.26. The van der Waals surface area contributed by atoms with Crippen LogP contribution in [0.4, 0.5) is 0 Å². The number of hydrogen-bond donors (Lipinski definition) is 2. The third-order valence-electron chi connectivity index (χ3n) is 3.76. The molecular weight excluding hydrogens is 250 g/mol. The molecule has 20 heavy (non-hydrogen) atoms. The maximum Gasteiger partial charge on any atom is 0.126 e. The van der Waals surface area contributed by atoms with Crippen LogP contribution >= 0.6 is 0 Å². The van der Waals surface area contributed by atoms with E-state index >= 15 is 0 Å². The minimum absolute atomic E-state index is 0.364. The molecule has 0 amide bonds. The van der Waals surface area contributed by atoms with Crippen LogP contribution in [0.25, 0.3) is 10.8 Å². The lowest BCUT2D eigenvalue weighted by atomic mass is 9.93. The summed E-state index contributed by atoms with van der Waals surface area (Å²) in [7, 11) is 1.66. The molecule has 0 heterocycles. The summed E-state index contributed by atoms with van der Waals surface area (Å²) in [6, 6.07) is 11.5. The SMILES string of the molecule is CCCC[C@@H](O)[C@@H](N)c1ccc(OC)c2ccccc12. The molecule has 0 aromatic heterocycles. The van der Waals surface area contributed by atoms with Crippen LogP contribution in [0.15, 0.2) is 36.4 Å². The molecule has 0 bridgehead atoms. The largest absolute Gasteiger partial charge is 0.496 e. The number of nitrogens with two attached hydrogens (primary N) is 1. The Hall–Kier alpha value is -1.58. The summed E-state index contributed by atoms with van der Waals surface area (Å²) < 4.78 is 5.38. The molecule has 0 saturated carbocycles. The number of aliphatic hydroxyl groups excluding tert-OH is 1. The molecular formula is C17H23NO2. The highest BCUT2D eigenvalue weighted by Crippen LogP contribution is 2.32. The van der Waals surface area contributed by atoms with E-state index < -0.39 is 6.10 Å². The Balaban J connectivity index is 2.39. The number of aliphatic hydroxyl groups is 1. The van der Waals surface area contributed by atoms with E-state index in [2.05, 4.69) is 6.92 Å². The van der Waals surface area contributed by atoms with Gasteiger partial charge in [-0.25, -0.2) is 0 Å². The third-order valence-corrected chi connectivity index (χ3v) is 3.76. The first kappa shape index (κ1) is 14.8. The van der Waals surface area contributed by atoms with Gasteiger partial charge in [0, 0.05) is 5.39 Å². The Morgan fingerprint density at radius 1 is 1.15 bits per heavy atom. The normalized spacial score (nSPS) is 14.2. The summed E-state index contributed by atoms with van der Waals surface area (Å²) in [5, 5.41) is 12.3. The van der Waals surface area contributed by atoms with Gasteiger partial charge in [-0.1, -0.05) is 50.1 Å². The highest BCUT2D eigenvalue weighted by Gasteiger charge is 2.19. The fourth-order valence-corrected chi connectivity index (χ4v) is 2.56. The maximum absolute atomic E-state index is 10.2. The van der Waals surface area contributed by atoms with Gasteiger partial charge in [0.15, 0.2) is 0 Å². The Labute approximate surface area is 120 Å². The zero-order valence-electron chi connectivity index (χ0n) is 12.2. The van der Waals surface area contributed by atoms with E-state index in [0.717, 1.165) is 41.3 Å². The van der Waals surface area contributed by atoms with Gasteiger partial charge in [-0.05, 0) is 23.4 Å². The molecule has 0 saturated heterocycles. The second-order valence-corrected chi connectivity index (χ2v) is 5.14. The van der Waals surface area contributed by atoms with Gasteiger partial charge in [0.25, 0.3) is 0 Å². The number of unbranched alkanes of at least 4 members (excludes halogenated alkanes) is 1. The quantitative estimate of drug-likeness (QED) is 0.848. The molecule has 108 valence electrons. The molecule has 3 N–H and O–H groups in total. The monoisotopic (exact) mass is 273 g/mol. The first-order chi connectivity index (χ1) is 9.69. The van der Waals surface area contributed by atoms with E-state index in [4.69, 9.17) is 10.5 Å². The van der Waals surface area contributed by atoms with Gasteiger partial charge in [0.05, 0.1) is 19.3 Å². The molecule has 3 nitrogen and oxygen atoms in total. The minimum atomic E-state index is -0.508. The third kappa shape index (κ3) is 2.94. The highest BCUT2D eigenvalue weighted by atomic mass is 16.5. The molecule has 0 unspecified atom stereocenters. The van der Waals surface area contributed by atoms with Crippen LogP contribution in [-0.2, 0) is 0 Å². The predicted octanol–water partition coefficient (Wildman–Crippen LogP) is 3.40. The van der Waals surface area contributed by atoms with Gasteiger partial charge >= 0.3 is 0 Å². The Bertz CT molecular complexity index is 568. The summed E-state index contributed by atoms with van der Waals surface area (Å²) in [6.07, 6.45) is 2.28. The summed E-state index contributed by atoms with van der Waals surface area (Å²) in [5.74, 6) is 0.833. The van der Waals surface area contributed by atoms with E-state index in [1.165, 1.54) is 0 Å². The average Bonchev–Trinajstić information content (AvgIpc) is 2.50. The summed E-state index contributed by atoms with van der Waals surface area (Å²) in [6.45, 7) is 2.11. The lowest BCUT2D eigenvalue weighted by molar-refractivity contribution is 0.133. The molecule has 0 radical (unpaired) electrons. The number of benzene rings is 2. The fourth-order valence-electron chi connectivity index (χ4n) is 2.56. The van der Waals surface area contributed by atoms with Gasteiger partial charge in [-0.3, -0.25) is 0 Å².